The molecular formula is C20H19N3O3. The molecule has 0 aliphatic carbocycles. The number of carbonyl (C=O) groups is 2. The summed E-state index contributed by atoms with van der Waals surface area (Å²) in [5.74, 6) is 0.470. The number of rotatable bonds is 8. The van der Waals surface area contributed by atoms with Crippen molar-refractivity contribution in [2.24, 2.45) is 0 Å². The molecule has 0 bridgehead atoms. The molecule has 2 aromatic rings. The van der Waals surface area contributed by atoms with Crippen LogP contribution in [-0.2, 0) is 11.4 Å². The van der Waals surface area contributed by atoms with Crippen molar-refractivity contribution < 1.29 is 14.3 Å². The van der Waals surface area contributed by atoms with Crippen LogP contribution in [0.3, 0.4) is 0 Å². The molecule has 1 unspecified atom stereocenters. The van der Waals surface area contributed by atoms with Gasteiger partial charge in [-0.1, -0.05) is 30.3 Å². The summed E-state index contributed by atoms with van der Waals surface area (Å²) in [5.41, 5.74) is 2.25. The zero-order valence-corrected chi connectivity index (χ0v) is 14.2. The van der Waals surface area contributed by atoms with Gasteiger partial charge in [0.25, 0.3) is 5.91 Å². The average molecular weight is 349 g/mol. The predicted octanol–water partition coefficient (Wildman–Crippen LogP) is 2.42. The molecule has 1 aliphatic heterocycles. The van der Waals surface area contributed by atoms with Crippen LogP contribution in [0, 0.1) is 11.3 Å². The fraction of sp³-hybridized carbons (Fsp3) is 0.250. The van der Waals surface area contributed by atoms with Gasteiger partial charge in [0.2, 0.25) is 6.41 Å². The van der Waals surface area contributed by atoms with Gasteiger partial charge in [-0.15, -0.1) is 0 Å². The van der Waals surface area contributed by atoms with Crippen molar-refractivity contribution in [2.75, 3.05) is 13.1 Å². The Morgan fingerprint density at radius 2 is 2.04 bits per heavy atom. The topological polar surface area (TPSA) is 82.4 Å². The van der Waals surface area contributed by atoms with E-state index in [0.717, 1.165) is 5.56 Å². The first kappa shape index (κ1) is 17.5. The van der Waals surface area contributed by atoms with Gasteiger partial charge in [0, 0.05) is 24.2 Å². The monoisotopic (exact) mass is 349 g/mol. The molecule has 6 nitrogen and oxygen atoms in total. The van der Waals surface area contributed by atoms with Crippen molar-refractivity contribution in [1.82, 2.24) is 10.2 Å². The van der Waals surface area contributed by atoms with E-state index < -0.39 is 6.04 Å². The molecule has 1 aliphatic rings. The third kappa shape index (κ3) is 3.67. The SMILES string of the molecule is N#CC1c2cc(OCc3ccccc3)ccc2C(=O)N1CCCNC=O. The highest BCUT2D eigenvalue weighted by atomic mass is 16.5. The van der Waals surface area contributed by atoms with E-state index in [2.05, 4.69) is 11.4 Å². The molecule has 26 heavy (non-hydrogen) atoms. The first-order chi connectivity index (χ1) is 12.7. The summed E-state index contributed by atoms with van der Waals surface area (Å²) < 4.78 is 5.81. The Bertz CT molecular complexity index is 830. The zero-order chi connectivity index (χ0) is 18.4. The zero-order valence-electron chi connectivity index (χ0n) is 14.2. The number of carbonyl (C=O) groups excluding carboxylic acids is 2. The van der Waals surface area contributed by atoms with Crippen molar-refractivity contribution in [3.63, 3.8) is 0 Å². The van der Waals surface area contributed by atoms with Gasteiger partial charge in [0.1, 0.15) is 18.4 Å². The summed E-state index contributed by atoms with van der Waals surface area (Å²) in [4.78, 5) is 24.4. The molecule has 0 saturated carbocycles. The molecule has 1 N–H and O–H groups in total. The first-order valence-electron chi connectivity index (χ1n) is 8.43. The second-order valence-electron chi connectivity index (χ2n) is 5.98. The first-order valence-corrected chi connectivity index (χ1v) is 8.43. The lowest BCUT2D eigenvalue weighted by atomic mass is 10.1. The third-order valence-corrected chi connectivity index (χ3v) is 4.29. The molecular weight excluding hydrogens is 330 g/mol. The number of hydrogen-bond acceptors (Lipinski definition) is 4. The van der Waals surface area contributed by atoms with Gasteiger partial charge in [-0.05, 0) is 30.2 Å². The Labute approximate surface area is 152 Å². The number of fused-ring (bicyclic) bond motifs is 1. The smallest absolute Gasteiger partial charge is 0.255 e. The van der Waals surface area contributed by atoms with Gasteiger partial charge in [-0.25, -0.2) is 0 Å². The molecule has 132 valence electrons. The summed E-state index contributed by atoms with van der Waals surface area (Å²) in [5, 5.41) is 12.1. The quantitative estimate of drug-likeness (QED) is 0.586. The minimum Gasteiger partial charge on any atom is -0.489 e. The van der Waals surface area contributed by atoms with Crippen molar-refractivity contribution in [3.05, 3.63) is 65.2 Å². The Hall–Kier alpha value is -3.33. The van der Waals surface area contributed by atoms with Crippen LogP contribution in [0.25, 0.3) is 0 Å². The fourth-order valence-corrected chi connectivity index (χ4v) is 3.01. The lowest BCUT2D eigenvalue weighted by Crippen LogP contribution is -2.30. The molecule has 6 heteroatoms. The Morgan fingerprint density at radius 1 is 1.23 bits per heavy atom. The van der Waals surface area contributed by atoms with Gasteiger partial charge >= 0.3 is 0 Å². The summed E-state index contributed by atoms with van der Waals surface area (Å²) in [6.07, 6.45) is 1.21. The highest BCUT2D eigenvalue weighted by molar-refractivity contribution is 5.99. The largest absolute Gasteiger partial charge is 0.489 e. The van der Waals surface area contributed by atoms with Crippen LogP contribution in [-0.4, -0.2) is 30.3 Å². The third-order valence-electron chi connectivity index (χ3n) is 4.29. The van der Waals surface area contributed by atoms with Gasteiger partial charge in [0.05, 0.1) is 6.07 Å². The van der Waals surface area contributed by atoms with Crippen LogP contribution in [0.5, 0.6) is 5.75 Å². The predicted molar refractivity (Wildman–Crippen MR) is 95.3 cm³/mol. The molecule has 0 saturated heterocycles. The summed E-state index contributed by atoms with van der Waals surface area (Å²) in [6.45, 7) is 1.30. The van der Waals surface area contributed by atoms with Crippen molar-refractivity contribution in [3.8, 4) is 11.8 Å². The van der Waals surface area contributed by atoms with Gasteiger partial charge in [-0.3, -0.25) is 9.59 Å². The maximum Gasteiger partial charge on any atom is 0.255 e. The van der Waals surface area contributed by atoms with Crippen LogP contribution in [0.15, 0.2) is 48.5 Å². The van der Waals surface area contributed by atoms with Gasteiger partial charge in [0.15, 0.2) is 0 Å². The molecule has 0 radical (unpaired) electrons. The lowest BCUT2D eigenvalue weighted by molar-refractivity contribution is -0.109. The van der Waals surface area contributed by atoms with E-state index in [9.17, 15) is 14.9 Å². The van der Waals surface area contributed by atoms with Crippen molar-refractivity contribution in [2.45, 2.75) is 19.1 Å². The van der Waals surface area contributed by atoms with Crippen LogP contribution in [0.2, 0.25) is 0 Å². The second-order valence-corrected chi connectivity index (χ2v) is 5.98. The van der Waals surface area contributed by atoms with E-state index >= 15 is 0 Å². The van der Waals surface area contributed by atoms with Gasteiger partial charge in [-0.2, -0.15) is 5.26 Å². The Balaban J connectivity index is 1.72. The minimum absolute atomic E-state index is 0.160. The van der Waals surface area contributed by atoms with E-state index in [1.165, 1.54) is 4.90 Å². The molecule has 0 fully saturated rings. The number of nitrogens with zero attached hydrogens (tertiary/aromatic N) is 2. The summed E-state index contributed by atoms with van der Waals surface area (Å²) in [7, 11) is 0. The normalized spacial score (nSPS) is 15.3. The maximum absolute atomic E-state index is 12.6. The molecule has 0 aromatic heterocycles. The van der Waals surface area contributed by atoms with E-state index in [4.69, 9.17) is 4.74 Å². The average Bonchev–Trinajstić information content (AvgIpc) is 2.95. The van der Waals surface area contributed by atoms with E-state index in [1.807, 2.05) is 30.3 Å². The number of nitriles is 1. The molecule has 1 atom stereocenters. The number of amides is 2. The molecule has 1 heterocycles. The molecule has 3 rings (SSSR count). The van der Waals surface area contributed by atoms with Crippen molar-refractivity contribution >= 4 is 12.3 Å². The van der Waals surface area contributed by atoms with E-state index in [0.29, 0.717) is 49.4 Å². The number of nitrogens with one attached hydrogen (secondary N) is 1. The fourth-order valence-electron chi connectivity index (χ4n) is 3.01. The second kappa shape index (κ2) is 8.17. The van der Waals surface area contributed by atoms with Crippen molar-refractivity contribution in [1.29, 1.82) is 5.26 Å². The lowest BCUT2D eigenvalue weighted by Gasteiger charge is -2.19. The minimum atomic E-state index is -0.631. The van der Waals surface area contributed by atoms with Crippen LogP contribution in [0.4, 0.5) is 0 Å². The molecule has 2 aromatic carbocycles. The Kier molecular flexibility index (Phi) is 5.49. The summed E-state index contributed by atoms with van der Waals surface area (Å²) in [6, 6.07) is 16.6. The number of ether oxygens (including phenoxy) is 1. The maximum atomic E-state index is 12.6. The van der Waals surface area contributed by atoms with Crippen LogP contribution in [0.1, 0.15) is 33.9 Å². The number of hydrogen-bond donors (Lipinski definition) is 1. The highest BCUT2D eigenvalue weighted by Gasteiger charge is 2.36. The number of benzene rings is 2. The van der Waals surface area contributed by atoms with E-state index in [1.54, 1.807) is 18.2 Å². The van der Waals surface area contributed by atoms with E-state index in [-0.39, 0.29) is 5.91 Å². The molecule has 0 spiro atoms. The van der Waals surface area contributed by atoms with Gasteiger partial charge < -0.3 is 15.0 Å². The Morgan fingerprint density at radius 3 is 2.77 bits per heavy atom. The van der Waals surface area contributed by atoms with Crippen LogP contribution < -0.4 is 10.1 Å². The van der Waals surface area contributed by atoms with Crippen LogP contribution >= 0.6 is 0 Å². The summed E-state index contributed by atoms with van der Waals surface area (Å²) >= 11 is 0. The molecule has 2 amide bonds. The highest BCUT2D eigenvalue weighted by Crippen LogP contribution is 2.35. The standard InChI is InChI=1S/C20H19N3O3/c21-12-19-18-11-16(26-13-15-5-2-1-3-6-15)7-8-17(18)20(25)23(19)10-4-9-22-14-24/h1-3,5-8,11,14,19H,4,9-10,13H2,(H,22,24).